The third-order valence-electron chi connectivity index (χ3n) is 4.28. The molecular weight excluding hydrogens is 338 g/mol. The molecule has 4 rings (SSSR count). The van der Waals surface area contributed by atoms with Gasteiger partial charge in [-0.2, -0.15) is 0 Å². The Labute approximate surface area is 148 Å². The van der Waals surface area contributed by atoms with Crippen LogP contribution in [0.2, 0.25) is 0 Å². The normalized spacial score (nSPS) is 16.7. The number of nitrogens with zero attached hydrogens (tertiary/aromatic N) is 1. The molecule has 3 aromatic rings. The minimum atomic E-state index is -0.418. The number of ketones is 1. The van der Waals surface area contributed by atoms with E-state index in [4.69, 9.17) is 9.15 Å². The number of aryl methyl sites for hydroxylation is 1. The van der Waals surface area contributed by atoms with Gasteiger partial charge in [0.05, 0.1) is 17.9 Å². The van der Waals surface area contributed by atoms with Crippen LogP contribution < -0.4 is 0 Å². The molecule has 5 nitrogen and oxygen atoms in total. The number of fused-ring (bicyclic) bond motifs is 2. The first-order valence-electron chi connectivity index (χ1n) is 7.93. The summed E-state index contributed by atoms with van der Waals surface area (Å²) in [5.41, 5.74) is 3.47. The van der Waals surface area contributed by atoms with Gasteiger partial charge in [-0.25, -0.2) is 9.78 Å². The van der Waals surface area contributed by atoms with Crippen molar-refractivity contribution in [3.05, 3.63) is 59.2 Å². The Morgan fingerprint density at radius 1 is 1.28 bits per heavy atom. The number of carbonyl (C=O) groups excluding carboxylic acids is 2. The highest BCUT2D eigenvalue weighted by Gasteiger charge is 2.29. The number of esters is 1. The van der Waals surface area contributed by atoms with Gasteiger partial charge < -0.3 is 9.15 Å². The Morgan fingerprint density at radius 3 is 2.96 bits per heavy atom. The van der Waals surface area contributed by atoms with Crippen molar-refractivity contribution in [2.75, 3.05) is 7.11 Å². The van der Waals surface area contributed by atoms with E-state index < -0.39 is 5.97 Å². The van der Waals surface area contributed by atoms with Crippen molar-refractivity contribution in [2.45, 2.75) is 23.3 Å². The average Bonchev–Trinajstić information content (AvgIpc) is 3.05. The molecule has 0 N–H and O–H groups in total. The molecule has 0 amide bonds. The van der Waals surface area contributed by atoms with Crippen molar-refractivity contribution in [3.8, 4) is 0 Å². The average molecular weight is 353 g/mol. The highest BCUT2D eigenvalue weighted by atomic mass is 32.2. The molecule has 0 saturated carbocycles. The molecule has 1 heterocycles. The molecule has 0 radical (unpaired) electrons. The summed E-state index contributed by atoms with van der Waals surface area (Å²) in [5, 5.41) is 0.234. The van der Waals surface area contributed by atoms with Crippen LogP contribution >= 0.6 is 11.8 Å². The van der Waals surface area contributed by atoms with Crippen LogP contribution in [0.1, 0.15) is 32.7 Å². The number of Topliss-reactive ketones (excluding diaryl/α,β-unsaturated/α-hetero) is 1. The Bertz CT molecular complexity index is 978. The van der Waals surface area contributed by atoms with E-state index in [1.54, 1.807) is 18.2 Å². The summed E-state index contributed by atoms with van der Waals surface area (Å²) in [6.45, 7) is 0. The van der Waals surface area contributed by atoms with E-state index in [-0.39, 0.29) is 11.0 Å². The van der Waals surface area contributed by atoms with Gasteiger partial charge in [0, 0.05) is 5.56 Å². The van der Waals surface area contributed by atoms with E-state index in [9.17, 15) is 9.59 Å². The maximum Gasteiger partial charge on any atom is 0.337 e. The van der Waals surface area contributed by atoms with E-state index in [0.29, 0.717) is 21.9 Å². The SMILES string of the molecule is COC(=O)c1ccc2oc(S[C@@H]3CCc4ccccc4C3=O)nc2c1. The number of rotatable bonds is 3. The lowest BCUT2D eigenvalue weighted by Crippen LogP contribution is -2.24. The summed E-state index contributed by atoms with van der Waals surface area (Å²) in [4.78, 5) is 28.7. The molecular formula is C19H15NO4S. The minimum absolute atomic E-state index is 0.115. The summed E-state index contributed by atoms with van der Waals surface area (Å²) in [6.07, 6.45) is 1.62. The van der Waals surface area contributed by atoms with Crippen molar-refractivity contribution in [1.29, 1.82) is 0 Å². The summed E-state index contributed by atoms with van der Waals surface area (Å²) in [6, 6.07) is 12.7. The lowest BCUT2D eigenvalue weighted by molar-refractivity contribution is 0.0600. The fourth-order valence-electron chi connectivity index (χ4n) is 3.01. The number of methoxy groups -OCH3 is 1. The lowest BCUT2D eigenvalue weighted by Gasteiger charge is -2.21. The van der Waals surface area contributed by atoms with E-state index in [1.807, 2.05) is 24.3 Å². The van der Waals surface area contributed by atoms with Crippen LogP contribution in [0.3, 0.4) is 0 Å². The fraction of sp³-hybridized carbons (Fsp3) is 0.211. The Morgan fingerprint density at radius 2 is 2.12 bits per heavy atom. The molecule has 0 unspecified atom stereocenters. The first kappa shape index (κ1) is 15.9. The number of ether oxygens (including phenoxy) is 1. The first-order valence-corrected chi connectivity index (χ1v) is 8.81. The highest BCUT2D eigenvalue weighted by Crippen LogP contribution is 2.34. The van der Waals surface area contributed by atoms with Crippen LogP contribution in [0.5, 0.6) is 0 Å². The molecule has 0 spiro atoms. The molecule has 25 heavy (non-hydrogen) atoms. The largest absolute Gasteiger partial charge is 0.465 e. The van der Waals surface area contributed by atoms with Crippen molar-refractivity contribution < 1.29 is 18.7 Å². The van der Waals surface area contributed by atoms with Crippen LogP contribution in [0.15, 0.2) is 52.1 Å². The minimum Gasteiger partial charge on any atom is -0.465 e. The van der Waals surface area contributed by atoms with Gasteiger partial charge in [-0.05, 0) is 36.6 Å². The molecule has 1 atom stereocenters. The van der Waals surface area contributed by atoms with Gasteiger partial charge in [-0.1, -0.05) is 36.0 Å². The number of hydrogen-bond acceptors (Lipinski definition) is 6. The monoisotopic (exact) mass is 353 g/mol. The highest BCUT2D eigenvalue weighted by molar-refractivity contribution is 8.00. The van der Waals surface area contributed by atoms with Gasteiger partial charge in [0.25, 0.3) is 5.22 Å². The molecule has 1 aliphatic rings. The molecule has 1 aromatic heterocycles. The smallest absolute Gasteiger partial charge is 0.337 e. The van der Waals surface area contributed by atoms with Gasteiger partial charge in [-0.3, -0.25) is 4.79 Å². The Kier molecular flexibility index (Phi) is 4.05. The maximum absolute atomic E-state index is 12.7. The Balaban J connectivity index is 1.59. The molecule has 6 heteroatoms. The topological polar surface area (TPSA) is 69.4 Å². The maximum atomic E-state index is 12.7. The number of aromatic nitrogens is 1. The number of thioether (sulfide) groups is 1. The number of oxazole rings is 1. The van der Waals surface area contributed by atoms with Crippen LogP contribution in [0, 0.1) is 0 Å². The second-order valence-electron chi connectivity index (χ2n) is 5.82. The van der Waals surface area contributed by atoms with E-state index in [0.717, 1.165) is 24.0 Å². The van der Waals surface area contributed by atoms with Crippen molar-refractivity contribution >= 4 is 34.6 Å². The van der Waals surface area contributed by atoms with Crippen molar-refractivity contribution in [2.24, 2.45) is 0 Å². The van der Waals surface area contributed by atoms with Gasteiger partial charge in [-0.15, -0.1) is 0 Å². The zero-order valence-electron chi connectivity index (χ0n) is 13.5. The molecule has 1 aliphatic carbocycles. The van der Waals surface area contributed by atoms with Crippen LogP contribution in [0.4, 0.5) is 0 Å². The third-order valence-corrected chi connectivity index (χ3v) is 5.39. The van der Waals surface area contributed by atoms with E-state index in [2.05, 4.69) is 4.98 Å². The summed E-state index contributed by atoms with van der Waals surface area (Å²) in [7, 11) is 1.34. The molecule has 2 aromatic carbocycles. The third kappa shape index (κ3) is 2.93. The molecule has 126 valence electrons. The second-order valence-corrected chi connectivity index (χ2v) is 6.97. The molecule has 0 fully saturated rings. The van der Waals surface area contributed by atoms with Gasteiger partial charge >= 0.3 is 5.97 Å². The van der Waals surface area contributed by atoms with Crippen molar-refractivity contribution in [1.82, 2.24) is 4.98 Å². The standard InChI is InChI=1S/C19H15NO4S/c1-23-18(22)12-6-8-15-14(10-12)20-19(24-15)25-16-9-7-11-4-2-3-5-13(11)17(16)21/h2-6,8,10,16H,7,9H2,1H3/t16-/m1/s1. The zero-order chi connectivity index (χ0) is 17.4. The summed E-state index contributed by atoms with van der Waals surface area (Å²) < 4.78 is 10.4. The van der Waals surface area contributed by atoms with E-state index in [1.165, 1.54) is 18.9 Å². The van der Waals surface area contributed by atoms with Crippen molar-refractivity contribution in [3.63, 3.8) is 0 Å². The predicted octanol–water partition coefficient (Wildman–Crippen LogP) is 3.90. The Hall–Kier alpha value is -2.60. The summed E-state index contributed by atoms with van der Waals surface area (Å²) in [5.74, 6) is -0.303. The van der Waals surface area contributed by atoms with E-state index >= 15 is 0 Å². The van der Waals surface area contributed by atoms with Crippen LogP contribution in [-0.4, -0.2) is 29.1 Å². The summed E-state index contributed by atoms with van der Waals surface area (Å²) >= 11 is 1.34. The molecule has 0 aliphatic heterocycles. The van der Waals surface area contributed by atoms with Gasteiger partial charge in [0.15, 0.2) is 11.4 Å². The molecule has 0 bridgehead atoms. The zero-order valence-corrected chi connectivity index (χ0v) is 14.3. The van der Waals surface area contributed by atoms with Crippen LogP contribution in [-0.2, 0) is 11.2 Å². The van der Waals surface area contributed by atoms with Crippen LogP contribution in [0.25, 0.3) is 11.1 Å². The number of benzene rings is 2. The fourth-order valence-corrected chi connectivity index (χ4v) is 4.01. The number of hydrogen-bond donors (Lipinski definition) is 0. The molecule has 0 saturated heterocycles. The van der Waals surface area contributed by atoms with Gasteiger partial charge in [0.2, 0.25) is 0 Å². The quantitative estimate of drug-likeness (QED) is 0.665. The van der Waals surface area contributed by atoms with Gasteiger partial charge in [0.1, 0.15) is 5.52 Å². The predicted molar refractivity (Wildman–Crippen MR) is 94.1 cm³/mol. The lowest BCUT2D eigenvalue weighted by atomic mass is 9.90. The second kappa shape index (κ2) is 6.37. The number of carbonyl (C=O) groups is 2. The first-order chi connectivity index (χ1) is 12.2.